The molecule has 2 amide bonds. The second kappa shape index (κ2) is 7.64. The van der Waals surface area contributed by atoms with Crippen molar-refractivity contribution in [1.29, 1.82) is 0 Å². The van der Waals surface area contributed by atoms with Gasteiger partial charge < -0.3 is 9.80 Å². The SMILES string of the molecule is Cc1cccc(CN2CCN(C(=O)c3ccc(F)cc3F)CCC2=O)c1. The van der Waals surface area contributed by atoms with E-state index in [0.29, 0.717) is 25.7 Å². The first-order chi connectivity index (χ1) is 12.4. The van der Waals surface area contributed by atoms with Gasteiger partial charge in [-0.2, -0.15) is 0 Å². The quantitative estimate of drug-likeness (QED) is 0.846. The second-order valence-electron chi connectivity index (χ2n) is 6.47. The third kappa shape index (κ3) is 4.07. The van der Waals surface area contributed by atoms with Crippen LogP contribution in [-0.2, 0) is 11.3 Å². The highest BCUT2D eigenvalue weighted by molar-refractivity contribution is 5.95. The van der Waals surface area contributed by atoms with Crippen molar-refractivity contribution < 1.29 is 18.4 Å². The molecule has 1 saturated heterocycles. The molecular formula is C20H20F2N2O2. The number of hydrogen-bond donors (Lipinski definition) is 0. The first-order valence-electron chi connectivity index (χ1n) is 8.51. The Morgan fingerprint density at radius 2 is 1.88 bits per heavy atom. The maximum Gasteiger partial charge on any atom is 0.256 e. The van der Waals surface area contributed by atoms with Crippen LogP contribution < -0.4 is 0 Å². The molecule has 0 unspecified atom stereocenters. The maximum absolute atomic E-state index is 13.9. The molecule has 136 valence electrons. The minimum absolute atomic E-state index is 0.0404. The van der Waals surface area contributed by atoms with Crippen LogP contribution in [-0.4, -0.2) is 41.2 Å². The summed E-state index contributed by atoms with van der Waals surface area (Å²) in [6.45, 7) is 3.38. The topological polar surface area (TPSA) is 40.6 Å². The summed E-state index contributed by atoms with van der Waals surface area (Å²) in [6, 6.07) is 10.8. The summed E-state index contributed by atoms with van der Waals surface area (Å²) in [7, 11) is 0. The lowest BCUT2D eigenvalue weighted by atomic mass is 10.1. The van der Waals surface area contributed by atoms with Crippen molar-refractivity contribution in [3.8, 4) is 0 Å². The van der Waals surface area contributed by atoms with Crippen LogP contribution in [0.4, 0.5) is 8.78 Å². The first-order valence-corrected chi connectivity index (χ1v) is 8.51. The van der Waals surface area contributed by atoms with Gasteiger partial charge in [0, 0.05) is 38.7 Å². The van der Waals surface area contributed by atoms with Gasteiger partial charge in [-0.3, -0.25) is 9.59 Å². The van der Waals surface area contributed by atoms with Crippen molar-refractivity contribution in [3.63, 3.8) is 0 Å². The minimum Gasteiger partial charge on any atom is -0.337 e. The van der Waals surface area contributed by atoms with Crippen LogP contribution in [0.15, 0.2) is 42.5 Å². The maximum atomic E-state index is 13.9. The molecule has 4 nitrogen and oxygen atoms in total. The lowest BCUT2D eigenvalue weighted by Crippen LogP contribution is -2.36. The van der Waals surface area contributed by atoms with E-state index in [2.05, 4.69) is 0 Å². The third-order valence-corrected chi connectivity index (χ3v) is 4.49. The fourth-order valence-electron chi connectivity index (χ4n) is 3.10. The molecule has 1 aliphatic heterocycles. The molecule has 0 aromatic heterocycles. The second-order valence-corrected chi connectivity index (χ2v) is 6.47. The van der Waals surface area contributed by atoms with Gasteiger partial charge in [0.25, 0.3) is 5.91 Å². The lowest BCUT2D eigenvalue weighted by Gasteiger charge is -2.22. The minimum atomic E-state index is -0.887. The zero-order valence-corrected chi connectivity index (χ0v) is 14.5. The zero-order chi connectivity index (χ0) is 18.7. The Balaban J connectivity index is 1.70. The normalized spacial score (nSPS) is 15.1. The Bertz CT molecular complexity index is 838. The molecule has 26 heavy (non-hydrogen) atoms. The monoisotopic (exact) mass is 358 g/mol. The molecule has 1 heterocycles. The van der Waals surface area contributed by atoms with E-state index in [1.54, 1.807) is 4.90 Å². The molecule has 2 aromatic carbocycles. The largest absolute Gasteiger partial charge is 0.337 e. The molecule has 0 N–H and O–H groups in total. The number of amides is 2. The molecule has 1 aliphatic rings. The van der Waals surface area contributed by atoms with Crippen molar-refractivity contribution in [2.75, 3.05) is 19.6 Å². The van der Waals surface area contributed by atoms with E-state index in [0.717, 1.165) is 23.3 Å². The Labute approximate surface area is 151 Å². The third-order valence-electron chi connectivity index (χ3n) is 4.49. The fourth-order valence-corrected chi connectivity index (χ4v) is 3.10. The number of aryl methyl sites for hydroxylation is 1. The van der Waals surface area contributed by atoms with Crippen LogP contribution in [0.1, 0.15) is 27.9 Å². The Hall–Kier alpha value is -2.76. The number of carbonyl (C=O) groups excluding carboxylic acids is 2. The Morgan fingerprint density at radius 1 is 1.08 bits per heavy atom. The zero-order valence-electron chi connectivity index (χ0n) is 14.5. The van der Waals surface area contributed by atoms with Crippen LogP contribution in [0.5, 0.6) is 0 Å². The molecule has 0 bridgehead atoms. The van der Waals surface area contributed by atoms with Crippen LogP contribution in [0.2, 0.25) is 0 Å². The summed E-state index contributed by atoms with van der Waals surface area (Å²) < 4.78 is 26.9. The van der Waals surface area contributed by atoms with E-state index in [9.17, 15) is 18.4 Å². The predicted octanol–water partition coefficient (Wildman–Crippen LogP) is 3.15. The van der Waals surface area contributed by atoms with E-state index in [4.69, 9.17) is 0 Å². The van der Waals surface area contributed by atoms with Gasteiger partial charge in [0.2, 0.25) is 5.91 Å². The van der Waals surface area contributed by atoms with Gasteiger partial charge in [-0.25, -0.2) is 8.78 Å². The summed E-state index contributed by atoms with van der Waals surface area (Å²) in [6.07, 6.45) is 0.181. The van der Waals surface area contributed by atoms with Crippen LogP contribution >= 0.6 is 0 Å². The van der Waals surface area contributed by atoms with Crippen LogP contribution in [0, 0.1) is 18.6 Å². The molecule has 0 aliphatic carbocycles. The first kappa shape index (κ1) is 18.0. The average Bonchev–Trinajstić information content (AvgIpc) is 2.77. The highest BCUT2D eigenvalue weighted by Crippen LogP contribution is 2.16. The van der Waals surface area contributed by atoms with Crippen LogP contribution in [0.25, 0.3) is 0 Å². The van der Waals surface area contributed by atoms with E-state index < -0.39 is 17.5 Å². The van der Waals surface area contributed by atoms with Gasteiger partial charge in [0.05, 0.1) is 5.56 Å². The molecule has 0 atom stereocenters. The number of halogens is 2. The molecule has 3 rings (SSSR count). The fraction of sp³-hybridized carbons (Fsp3) is 0.300. The molecule has 0 saturated carbocycles. The molecule has 2 aromatic rings. The number of hydrogen-bond acceptors (Lipinski definition) is 2. The summed E-state index contributed by atoms with van der Waals surface area (Å²) in [5, 5.41) is 0. The van der Waals surface area contributed by atoms with Crippen molar-refractivity contribution >= 4 is 11.8 Å². The molecule has 1 fully saturated rings. The number of benzene rings is 2. The van der Waals surface area contributed by atoms with Gasteiger partial charge in [-0.15, -0.1) is 0 Å². The Morgan fingerprint density at radius 3 is 2.62 bits per heavy atom. The smallest absolute Gasteiger partial charge is 0.256 e. The predicted molar refractivity (Wildman–Crippen MR) is 93.5 cm³/mol. The van der Waals surface area contributed by atoms with Crippen molar-refractivity contribution in [2.45, 2.75) is 19.9 Å². The molecule has 0 spiro atoms. The van der Waals surface area contributed by atoms with Crippen molar-refractivity contribution in [2.24, 2.45) is 0 Å². The van der Waals surface area contributed by atoms with E-state index >= 15 is 0 Å². The summed E-state index contributed by atoms with van der Waals surface area (Å²) >= 11 is 0. The van der Waals surface area contributed by atoms with E-state index in [1.807, 2.05) is 31.2 Å². The standard InChI is InChI=1S/C20H20F2N2O2/c1-14-3-2-4-15(11-14)13-24-10-9-23(8-7-19(24)25)20(26)17-6-5-16(21)12-18(17)22/h2-6,11-12H,7-10,13H2,1H3. The summed E-state index contributed by atoms with van der Waals surface area (Å²) in [5.41, 5.74) is 1.97. The van der Waals surface area contributed by atoms with Gasteiger partial charge in [0.15, 0.2) is 0 Å². The lowest BCUT2D eigenvalue weighted by molar-refractivity contribution is -0.130. The number of carbonyl (C=O) groups is 2. The van der Waals surface area contributed by atoms with Gasteiger partial charge in [-0.1, -0.05) is 29.8 Å². The molecule has 0 radical (unpaired) electrons. The highest BCUT2D eigenvalue weighted by atomic mass is 19.1. The van der Waals surface area contributed by atoms with Crippen LogP contribution in [0.3, 0.4) is 0 Å². The average molecular weight is 358 g/mol. The Kier molecular flexibility index (Phi) is 5.30. The number of nitrogens with zero attached hydrogens (tertiary/aromatic N) is 2. The van der Waals surface area contributed by atoms with E-state index in [-0.39, 0.29) is 24.4 Å². The molecular weight excluding hydrogens is 338 g/mol. The van der Waals surface area contributed by atoms with Gasteiger partial charge in [-0.05, 0) is 24.6 Å². The van der Waals surface area contributed by atoms with Crippen molar-refractivity contribution in [3.05, 3.63) is 70.8 Å². The van der Waals surface area contributed by atoms with Gasteiger partial charge in [0.1, 0.15) is 11.6 Å². The molecule has 6 heteroatoms. The summed E-state index contributed by atoms with van der Waals surface area (Å²) in [5.74, 6) is -2.18. The number of rotatable bonds is 3. The highest BCUT2D eigenvalue weighted by Gasteiger charge is 2.26. The summed E-state index contributed by atoms with van der Waals surface area (Å²) in [4.78, 5) is 28.1. The van der Waals surface area contributed by atoms with Crippen molar-refractivity contribution in [1.82, 2.24) is 9.80 Å². The van der Waals surface area contributed by atoms with Gasteiger partial charge >= 0.3 is 0 Å². The van der Waals surface area contributed by atoms with E-state index in [1.165, 1.54) is 4.90 Å².